The van der Waals surface area contributed by atoms with Crippen LogP contribution < -0.4 is 5.73 Å². The van der Waals surface area contributed by atoms with Crippen LogP contribution in [0.15, 0.2) is 0 Å². The van der Waals surface area contributed by atoms with Crippen LogP contribution in [0.4, 0.5) is 0 Å². The van der Waals surface area contributed by atoms with Gasteiger partial charge in [-0.1, -0.05) is 39.0 Å². The summed E-state index contributed by atoms with van der Waals surface area (Å²) in [4.78, 5) is 0. The van der Waals surface area contributed by atoms with E-state index >= 15 is 0 Å². The lowest BCUT2D eigenvalue weighted by molar-refractivity contribution is -0.128. The van der Waals surface area contributed by atoms with Gasteiger partial charge >= 0.3 is 0 Å². The first-order valence-corrected chi connectivity index (χ1v) is 8.08. The summed E-state index contributed by atoms with van der Waals surface area (Å²) in [5.41, 5.74) is 5.68. The van der Waals surface area contributed by atoms with Crippen LogP contribution in [0.5, 0.6) is 0 Å². The number of hydrogen-bond donors (Lipinski definition) is 2. The van der Waals surface area contributed by atoms with Crippen LogP contribution in [0.3, 0.4) is 0 Å². The van der Waals surface area contributed by atoms with Crippen molar-refractivity contribution in [3.63, 3.8) is 0 Å². The molecule has 0 amide bonds. The van der Waals surface area contributed by atoms with Gasteiger partial charge in [-0.15, -0.1) is 0 Å². The molecule has 0 aromatic heterocycles. The second kappa shape index (κ2) is 5.92. The van der Waals surface area contributed by atoms with Crippen LogP contribution in [-0.2, 0) is 0 Å². The minimum atomic E-state index is -0.452. The zero-order valence-electron chi connectivity index (χ0n) is 12.1. The molecule has 2 nitrogen and oxygen atoms in total. The maximum Gasteiger partial charge on any atom is 0.0716 e. The third-order valence-electron chi connectivity index (χ3n) is 5.82. The molecule has 0 aromatic rings. The van der Waals surface area contributed by atoms with Crippen molar-refractivity contribution < 1.29 is 5.11 Å². The highest BCUT2D eigenvalue weighted by Crippen LogP contribution is 2.51. The number of nitrogens with two attached hydrogens (primary N) is 1. The molecule has 2 fully saturated rings. The summed E-state index contributed by atoms with van der Waals surface area (Å²) in [7, 11) is 0. The fraction of sp³-hybridized carbons (Fsp3) is 1.00. The van der Waals surface area contributed by atoms with Crippen molar-refractivity contribution in [3.8, 4) is 0 Å². The van der Waals surface area contributed by atoms with Crippen molar-refractivity contribution in [2.24, 2.45) is 17.1 Å². The molecule has 0 aliphatic heterocycles. The molecule has 0 bridgehead atoms. The van der Waals surface area contributed by atoms with Gasteiger partial charge in [0.25, 0.3) is 0 Å². The average Bonchev–Trinajstić information content (AvgIpc) is 2.42. The van der Waals surface area contributed by atoms with Crippen molar-refractivity contribution in [2.75, 3.05) is 6.54 Å². The molecule has 2 rings (SSSR count). The molecular weight excluding hydrogens is 222 g/mol. The van der Waals surface area contributed by atoms with Gasteiger partial charge in [0.15, 0.2) is 0 Å². The minimum absolute atomic E-state index is 0.0441. The Morgan fingerprint density at radius 1 is 1.06 bits per heavy atom. The summed E-state index contributed by atoms with van der Waals surface area (Å²) >= 11 is 0. The van der Waals surface area contributed by atoms with E-state index in [-0.39, 0.29) is 5.41 Å². The van der Waals surface area contributed by atoms with Crippen LogP contribution >= 0.6 is 0 Å². The van der Waals surface area contributed by atoms with Crippen molar-refractivity contribution in [2.45, 2.75) is 83.2 Å². The number of rotatable bonds is 4. The Morgan fingerprint density at radius 3 is 2.17 bits per heavy atom. The van der Waals surface area contributed by atoms with Gasteiger partial charge in [-0.2, -0.15) is 0 Å². The summed E-state index contributed by atoms with van der Waals surface area (Å²) in [6.07, 6.45) is 13.2. The molecule has 0 spiro atoms. The Kier molecular flexibility index (Phi) is 4.71. The van der Waals surface area contributed by atoms with Crippen LogP contribution in [0.1, 0.15) is 77.6 Å². The predicted molar refractivity (Wildman–Crippen MR) is 76.4 cm³/mol. The summed E-state index contributed by atoms with van der Waals surface area (Å²) < 4.78 is 0. The highest BCUT2D eigenvalue weighted by atomic mass is 16.3. The second-order valence-electron chi connectivity index (χ2n) is 6.81. The van der Waals surface area contributed by atoms with Crippen molar-refractivity contribution in [1.29, 1.82) is 0 Å². The molecule has 2 saturated carbocycles. The third-order valence-corrected chi connectivity index (χ3v) is 5.82. The van der Waals surface area contributed by atoms with Gasteiger partial charge in [-0.05, 0) is 44.4 Å². The van der Waals surface area contributed by atoms with Crippen LogP contribution in [-0.4, -0.2) is 17.3 Å². The molecule has 0 unspecified atom stereocenters. The van der Waals surface area contributed by atoms with E-state index < -0.39 is 5.60 Å². The first-order valence-electron chi connectivity index (χ1n) is 8.08. The van der Waals surface area contributed by atoms with E-state index in [0.717, 1.165) is 31.6 Å². The van der Waals surface area contributed by atoms with Gasteiger partial charge in [0, 0.05) is 12.0 Å². The van der Waals surface area contributed by atoms with E-state index in [0.29, 0.717) is 6.54 Å². The topological polar surface area (TPSA) is 46.2 Å². The lowest BCUT2D eigenvalue weighted by atomic mass is 9.57. The van der Waals surface area contributed by atoms with Crippen molar-refractivity contribution in [1.82, 2.24) is 0 Å². The summed E-state index contributed by atoms with van der Waals surface area (Å²) in [6, 6.07) is 0. The first kappa shape index (κ1) is 14.3. The Balaban J connectivity index is 2.02. The van der Waals surface area contributed by atoms with Crippen molar-refractivity contribution >= 4 is 0 Å². The van der Waals surface area contributed by atoms with E-state index in [1.54, 1.807) is 0 Å². The van der Waals surface area contributed by atoms with E-state index in [1.165, 1.54) is 44.9 Å². The van der Waals surface area contributed by atoms with E-state index in [1.807, 2.05) is 0 Å². The van der Waals surface area contributed by atoms with Gasteiger partial charge in [0.2, 0.25) is 0 Å². The molecule has 3 N–H and O–H groups in total. The summed E-state index contributed by atoms with van der Waals surface area (Å²) in [5.74, 6) is 0.855. The fourth-order valence-electron chi connectivity index (χ4n) is 4.47. The zero-order valence-corrected chi connectivity index (χ0v) is 12.1. The van der Waals surface area contributed by atoms with Crippen LogP contribution in [0.2, 0.25) is 0 Å². The van der Waals surface area contributed by atoms with Gasteiger partial charge in [-0.3, -0.25) is 0 Å². The molecule has 0 saturated heterocycles. The minimum Gasteiger partial charge on any atom is -0.389 e. The molecule has 18 heavy (non-hydrogen) atoms. The zero-order chi connectivity index (χ0) is 13.1. The van der Waals surface area contributed by atoms with E-state index in [4.69, 9.17) is 5.73 Å². The molecule has 0 radical (unpaired) electrons. The van der Waals surface area contributed by atoms with E-state index in [9.17, 15) is 5.11 Å². The number of hydrogen-bond acceptors (Lipinski definition) is 2. The van der Waals surface area contributed by atoms with Gasteiger partial charge in [0.1, 0.15) is 0 Å². The summed E-state index contributed by atoms with van der Waals surface area (Å²) in [6.45, 7) is 2.95. The monoisotopic (exact) mass is 253 g/mol. The molecule has 2 aliphatic carbocycles. The molecular formula is C16H31NO. The van der Waals surface area contributed by atoms with Gasteiger partial charge in [0.05, 0.1) is 5.60 Å². The van der Waals surface area contributed by atoms with Crippen molar-refractivity contribution in [3.05, 3.63) is 0 Å². The normalized spacial score (nSPS) is 36.5. The lowest BCUT2D eigenvalue weighted by Gasteiger charge is -2.52. The first-order chi connectivity index (χ1) is 8.66. The van der Waals surface area contributed by atoms with Crippen LogP contribution in [0.25, 0.3) is 0 Å². The molecule has 0 atom stereocenters. The lowest BCUT2D eigenvalue weighted by Crippen LogP contribution is -2.55. The standard InChI is InChI=1S/C16H31NO/c1-2-6-14-7-11-16(18,12-8-14)15(13-17)9-4-3-5-10-15/h14,18H,2-13,17H2,1H3. The Hall–Kier alpha value is -0.0800. The van der Waals surface area contributed by atoms with Crippen LogP contribution in [0, 0.1) is 11.3 Å². The highest BCUT2D eigenvalue weighted by molar-refractivity contribution is 5.03. The van der Waals surface area contributed by atoms with E-state index in [2.05, 4.69) is 6.92 Å². The maximum atomic E-state index is 11.2. The third kappa shape index (κ3) is 2.60. The molecule has 2 aliphatic rings. The molecule has 0 heterocycles. The predicted octanol–water partition coefficient (Wildman–Crippen LogP) is 3.62. The van der Waals surface area contributed by atoms with Gasteiger partial charge < -0.3 is 10.8 Å². The van der Waals surface area contributed by atoms with Gasteiger partial charge in [-0.25, -0.2) is 0 Å². The Labute approximate surface area is 112 Å². The smallest absolute Gasteiger partial charge is 0.0716 e. The highest BCUT2D eigenvalue weighted by Gasteiger charge is 2.50. The average molecular weight is 253 g/mol. The fourth-order valence-corrected chi connectivity index (χ4v) is 4.47. The molecule has 0 aromatic carbocycles. The number of aliphatic hydroxyl groups is 1. The Morgan fingerprint density at radius 2 is 1.67 bits per heavy atom. The largest absolute Gasteiger partial charge is 0.389 e. The maximum absolute atomic E-state index is 11.2. The summed E-state index contributed by atoms with van der Waals surface area (Å²) in [5, 5.41) is 11.2. The quantitative estimate of drug-likeness (QED) is 0.804. The second-order valence-corrected chi connectivity index (χ2v) is 6.81. The SMILES string of the molecule is CCCC1CCC(O)(C2(CN)CCCCC2)CC1. The molecule has 106 valence electrons. The Bertz CT molecular complexity index is 250. The molecule has 2 heteroatoms.